The van der Waals surface area contributed by atoms with Crippen LogP contribution in [0.25, 0.3) is 6.08 Å². The maximum absolute atomic E-state index is 11.2. The molecule has 16 heavy (non-hydrogen) atoms. The third-order valence-electron chi connectivity index (χ3n) is 2.93. The smallest absolute Gasteiger partial charge is 0.132 e. The normalized spacial score (nSPS) is 13.0. The molecule has 1 aromatic carbocycles. The van der Waals surface area contributed by atoms with Crippen LogP contribution in [0.15, 0.2) is 24.3 Å². The summed E-state index contributed by atoms with van der Waals surface area (Å²) in [5.41, 5.74) is 3.76. The molecular weight excluding hydrogens is 196 g/mol. The number of allylic oxidation sites excluding steroid dienone is 1. The third kappa shape index (κ3) is 3.34. The van der Waals surface area contributed by atoms with E-state index in [0.29, 0.717) is 0 Å². The van der Waals surface area contributed by atoms with E-state index >= 15 is 0 Å². The second-order valence-corrected chi connectivity index (χ2v) is 4.41. The molecule has 86 valence electrons. The first kappa shape index (κ1) is 12.7. The van der Waals surface area contributed by atoms with E-state index in [4.69, 9.17) is 0 Å². The van der Waals surface area contributed by atoms with Gasteiger partial charge >= 0.3 is 0 Å². The summed E-state index contributed by atoms with van der Waals surface area (Å²) in [4.78, 5) is 11.2. The van der Waals surface area contributed by atoms with Crippen molar-refractivity contribution in [2.45, 2.75) is 34.1 Å². The van der Waals surface area contributed by atoms with Crippen LogP contribution in [0.4, 0.5) is 0 Å². The Bertz CT molecular complexity index is 402. The standard InChI is InChI=1S/C15H20O/c1-5-6-15-10-14(8-7-11(15)2)9-12(3)13(4)16/h5-8,10,12H,9H2,1-4H3/b6-5+/t12-/m0/s1. The molecule has 0 unspecified atom stereocenters. The summed E-state index contributed by atoms with van der Waals surface area (Å²) in [6, 6.07) is 6.41. The van der Waals surface area contributed by atoms with E-state index in [1.54, 1.807) is 6.92 Å². The van der Waals surface area contributed by atoms with Crippen molar-refractivity contribution in [1.82, 2.24) is 0 Å². The minimum absolute atomic E-state index is 0.112. The zero-order valence-electron chi connectivity index (χ0n) is 10.6. The maximum Gasteiger partial charge on any atom is 0.132 e. The van der Waals surface area contributed by atoms with Gasteiger partial charge in [-0.15, -0.1) is 0 Å². The van der Waals surface area contributed by atoms with Crippen LogP contribution in [0.1, 0.15) is 37.5 Å². The van der Waals surface area contributed by atoms with Gasteiger partial charge in [0.15, 0.2) is 0 Å². The molecule has 0 saturated carbocycles. The Morgan fingerprint density at radius 3 is 2.69 bits per heavy atom. The van der Waals surface area contributed by atoms with Crippen molar-refractivity contribution < 1.29 is 4.79 Å². The van der Waals surface area contributed by atoms with Gasteiger partial charge in [0.05, 0.1) is 0 Å². The lowest BCUT2D eigenvalue weighted by atomic mass is 9.95. The maximum atomic E-state index is 11.2. The number of hydrogen-bond acceptors (Lipinski definition) is 1. The first-order chi connectivity index (χ1) is 7.54. The number of benzene rings is 1. The number of hydrogen-bond donors (Lipinski definition) is 0. The molecule has 0 aliphatic rings. The van der Waals surface area contributed by atoms with Crippen LogP contribution >= 0.6 is 0 Å². The van der Waals surface area contributed by atoms with E-state index in [1.165, 1.54) is 16.7 Å². The monoisotopic (exact) mass is 216 g/mol. The molecular formula is C15H20O. The molecule has 0 fully saturated rings. The minimum Gasteiger partial charge on any atom is -0.300 e. The molecule has 0 N–H and O–H groups in total. The van der Waals surface area contributed by atoms with Gasteiger partial charge in [0.2, 0.25) is 0 Å². The first-order valence-electron chi connectivity index (χ1n) is 5.77. The van der Waals surface area contributed by atoms with Gasteiger partial charge in [0.1, 0.15) is 5.78 Å². The number of carbonyl (C=O) groups excluding carboxylic acids is 1. The molecule has 1 nitrogen and oxygen atoms in total. The van der Waals surface area contributed by atoms with Crippen molar-refractivity contribution in [2.75, 3.05) is 0 Å². The molecule has 0 aliphatic carbocycles. The Labute approximate surface area is 98.2 Å². The fraction of sp³-hybridized carbons (Fsp3) is 0.400. The molecule has 1 rings (SSSR count). The Morgan fingerprint density at radius 2 is 2.12 bits per heavy atom. The highest BCUT2D eigenvalue weighted by Crippen LogP contribution is 2.16. The zero-order chi connectivity index (χ0) is 12.1. The molecule has 0 bridgehead atoms. The second kappa shape index (κ2) is 5.64. The van der Waals surface area contributed by atoms with Crippen molar-refractivity contribution >= 4 is 11.9 Å². The van der Waals surface area contributed by atoms with Crippen molar-refractivity contribution in [3.8, 4) is 0 Å². The number of aryl methyl sites for hydroxylation is 1. The summed E-state index contributed by atoms with van der Waals surface area (Å²) in [5, 5.41) is 0. The Balaban J connectivity index is 2.90. The van der Waals surface area contributed by atoms with E-state index in [9.17, 15) is 4.79 Å². The van der Waals surface area contributed by atoms with E-state index in [2.05, 4.69) is 31.2 Å². The Morgan fingerprint density at radius 1 is 1.44 bits per heavy atom. The number of carbonyl (C=O) groups is 1. The van der Waals surface area contributed by atoms with Gasteiger partial charge < -0.3 is 0 Å². The summed E-state index contributed by atoms with van der Waals surface area (Å²) in [6.45, 7) is 7.76. The van der Waals surface area contributed by atoms with Crippen molar-refractivity contribution in [3.05, 3.63) is 41.0 Å². The van der Waals surface area contributed by atoms with E-state index in [-0.39, 0.29) is 11.7 Å². The van der Waals surface area contributed by atoms with Crippen molar-refractivity contribution in [3.63, 3.8) is 0 Å². The van der Waals surface area contributed by atoms with Gasteiger partial charge in [0, 0.05) is 5.92 Å². The van der Waals surface area contributed by atoms with Crippen LogP contribution in [0.2, 0.25) is 0 Å². The van der Waals surface area contributed by atoms with Gasteiger partial charge in [-0.2, -0.15) is 0 Å². The lowest BCUT2D eigenvalue weighted by Gasteiger charge is -2.09. The van der Waals surface area contributed by atoms with Gasteiger partial charge in [-0.25, -0.2) is 0 Å². The zero-order valence-corrected chi connectivity index (χ0v) is 10.6. The van der Waals surface area contributed by atoms with Gasteiger partial charge in [-0.05, 0) is 43.9 Å². The first-order valence-corrected chi connectivity index (χ1v) is 5.77. The van der Waals surface area contributed by atoms with Crippen LogP contribution in [-0.4, -0.2) is 5.78 Å². The fourth-order valence-corrected chi connectivity index (χ4v) is 1.67. The molecule has 0 aromatic heterocycles. The number of ketones is 1. The molecule has 0 saturated heterocycles. The highest BCUT2D eigenvalue weighted by atomic mass is 16.1. The van der Waals surface area contributed by atoms with Crippen molar-refractivity contribution in [1.29, 1.82) is 0 Å². The van der Waals surface area contributed by atoms with Gasteiger partial charge in [-0.3, -0.25) is 4.79 Å². The Hall–Kier alpha value is -1.37. The molecule has 0 aliphatic heterocycles. The predicted molar refractivity (Wildman–Crippen MR) is 69.4 cm³/mol. The average Bonchev–Trinajstić information content (AvgIpc) is 2.23. The van der Waals surface area contributed by atoms with E-state index in [0.717, 1.165) is 6.42 Å². The lowest BCUT2D eigenvalue weighted by Crippen LogP contribution is -2.09. The summed E-state index contributed by atoms with van der Waals surface area (Å²) < 4.78 is 0. The average molecular weight is 216 g/mol. The lowest BCUT2D eigenvalue weighted by molar-refractivity contribution is -0.120. The molecule has 1 aromatic rings. The van der Waals surface area contributed by atoms with E-state index < -0.39 is 0 Å². The molecule has 0 heterocycles. The predicted octanol–water partition coefficient (Wildman–Crippen LogP) is 3.80. The fourth-order valence-electron chi connectivity index (χ4n) is 1.67. The largest absolute Gasteiger partial charge is 0.300 e. The highest BCUT2D eigenvalue weighted by molar-refractivity contribution is 5.78. The minimum atomic E-state index is 0.112. The second-order valence-electron chi connectivity index (χ2n) is 4.41. The van der Waals surface area contributed by atoms with Crippen LogP contribution in [0.5, 0.6) is 0 Å². The van der Waals surface area contributed by atoms with Gasteiger partial charge in [-0.1, -0.05) is 37.3 Å². The topological polar surface area (TPSA) is 17.1 Å². The molecule has 1 heteroatoms. The third-order valence-corrected chi connectivity index (χ3v) is 2.93. The van der Waals surface area contributed by atoms with E-state index in [1.807, 2.05) is 19.9 Å². The van der Waals surface area contributed by atoms with Crippen LogP contribution in [-0.2, 0) is 11.2 Å². The molecule has 0 amide bonds. The summed E-state index contributed by atoms with van der Waals surface area (Å²) in [7, 11) is 0. The highest BCUT2D eigenvalue weighted by Gasteiger charge is 2.08. The van der Waals surface area contributed by atoms with Gasteiger partial charge in [0.25, 0.3) is 0 Å². The van der Waals surface area contributed by atoms with Crippen molar-refractivity contribution in [2.24, 2.45) is 5.92 Å². The Kier molecular flexibility index (Phi) is 4.48. The molecule has 0 spiro atoms. The quantitative estimate of drug-likeness (QED) is 0.748. The number of rotatable bonds is 4. The summed E-state index contributed by atoms with van der Waals surface area (Å²) in [6.07, 6.45) is 4.98. The summed E-state index contributed by atoms with van der Waals surface area (Å²) in [5.74, 6) is 0.370. The molecule has 0 radical (unpaired) electrons. The van der Waals surface area contributed by atoms with Crippen LogP contribution in [0, 0.1) is 12.8 Å². The number of Topliss-reactive ketones (excluding diaryl/α,β-unsaturated/α-hetero) is 1. The summed E-state index contributed by atoms with van der Waals surface area (Å²) >= 11 is 0. The van der Waals surface area contributed by atoms with Crippen LogP contribution in [0.3, 0.4) is 0 Å². The van der Waals surface area contributed by atoms with Crippen LogP contribution < -0.4 is 0 Å². The molecule has 1 atom stereocenters. The SMILES string of the molecule is C/C=C/c1cc(C[C@H](C)C(C)=O)ccc1C.